The van der Waals surface area contributed by atoms with Crippen molar-refractivity contribution in [3.8, 4) is 0 Å². The van der Waals surface area contributed by atoms with Crippen molar-refractivity contribution >= 4 is 35.0 Å². The number of rotatable bonds is 9. The Bertz CT molecular complexity index is 1020. The number of amides is 2. The van der Waals surface area contributed by atoms with Crippen LogP contribution in [0.15, 0.2) is 78.9 Å². The lowest BCUT2D eigenvalue weighted by molar-refractivity contribution is -0.141. The molecule has 0 aromatic heterocycles. The van der Waals surface area contributed by atoms with E-state index in [4.69, 9.17) is 23.2 Å². The first-order chi connectivity index (χ1) is 15.5. The lowest BCUT2D eigenvalue weighted by atomic mass is 10.0. The fraction of sp³-hybridized carbons (Fsp3) is 0.231. The van der Waals surface area contributed by atoms with E-state index in [-0.39, 0.29) is 11.8 Å². The molecule has 166 valence electrons. The van der Waals surface area contributed by atoms with E-state index in [1.54, 1.807) is 29.2 Å². The van der Waals surface area contributed by atoms with Gasteiger partial charge in [-0.1, -0.05) is 84.7 Å². The van der Waals surface area contributed by atoms with E-state index in [0.717, 1.165) is 16.7 Å². The zero-order chi connectivity index (χ0) is 22.9. The van der Waals surface area contributed by atoms with Crippen LogP contribution in [0.2, 0.25) is 10.0 Å². The number of hydrogen-bond acceptors (Lipinski definition) is 2. The van der Waals surface area contributed by atoms with Crippen LogP contribution in [0.5, 0.6) is 0 Å². The van der Waals surface area contributed by atoms with Crippen LogP contribution in [0.1, 0.15) is 42.5 Å². The van der Waals surface area contributed by atoms with Gasteiger partial charge >= 0.3 is 0 Å². The Kier molecular flexibility index (Phi) is 8.72. The lowest BCUT2D eigenvalue weighted by Crippen LogP contribution is -2.43. The molecular formula is C26H26Cl2N2O2. The molecule has 1 atom stereocenters. The molecular weight excluding hydrogens is 443 g/mol. The maximum absolute atomic E-state index is 13.4. The van der Waals surface area contributed by atoms with Crippen LogP contribution in [0.25, 0.3) is 0 Å². The summed E-state index contributed by atoms with van der Waals surface area (Å²) in [6.07, 6.45) is 1.06. The van der Waals surface area contributed by atoms with Crippen molar-refractivity contribution in [3.63, 3.8) is 0 Å². The van der Waals surface area contributed by atoms with Crippen LogP contribution in [0.4, 0.5) is 0 Å². The minimum absolute atomic E-state index is 0.0713. The molecule has 2 amide bonds. The minimum atomic E-state index is -0.752. The van der Waals surface area contributed by atoms with Gasteiger partial charge in [0.1, 0.15) is 6.04 Å². The third kappa shape index (κ3) is 6.59. The molecule has 0 saturated carbocycles. The van der Waals surface area contributed by atoms with Crippen LogP contribution in [0.3, 0.4) is 0 Å². The number of benzene rings is 3. The highest BCUT2D eigenvalue weighted by molar-refractivity contribution is 6.30. The average Bonchev–Trinajstić information content (AvgIpc) is 2.80. The standard InChI is InChI=1S/C26H26Cl2N2O2/c1-2-6-24(31)30(18-20-11-15-23(28)16-12-20)25(21-7-4-3-5-8-21)26(32)29-17-19-9-13-22(27)14-10-19/h3-5,7-16,25H,2,6,17-18H2,1H3,(H,29,32). The number of carbonyl (C=O) groups is 2. The molecule has 1 N–H and O–H groups in total. The molecule has 32 heavy (non-hydrogen) atoms. The molecule has 0 fully saturated rings. The number of nitrogens with one attached hydrogen (secondary N) is 1. The maximum Gasteiger partial charge on any atom is 0.247 e. The van der Waals surface area contributed by atoms with Crippen molar-refractivity contribution in [1.29, 1.82) is 0 Å². The third-order valence-corrected chi connectivity index (χ3v) is 5.61. The van der Waals surface area contributed by atoms with Gasteiger partial charge < -0.3 is 10.2 Å². The van der Waals surface area contributed by atoms with Gasteiger partial charge in [-0.15, -0.1) is 0 Å². The smallest absolute Gasteiger partial charge is 0.247 e. The fourth-order valence-electron chi connectivity index (χ4n) is 3.46. The van der Waals surface area contributed by atoms with E-state index < -0.39 is 6.04 Å². The summed E-state index contributed by atoms with van der Waals surface area (Å²) in [6.45, 7) is 2.61. The molecule has 3 aromatic carbocycles. The van der Waals surface area contributed by atoms with E-state index in [9.17, 15) is 9.59 Å². The Labute approximate surface area is 199 Å². The van der Waals surface area contributed by atoms with E-state index in [0.29, 0.717) is 36.0 Å². The molecule has 0 radical (unpaired) electrons. The van der Waals surface area contributed by atoms with Crippen molar-refractivity contribution in [2.75, 3.05) is 0 Å². The van der Waals surface area contributed by atoms with Gasteiger partial charge in [-0.05, 0) is 47.4 Å². The van der Waals surface area contributed by atoms with Crippen molar-refractivity contribution in [2.24, 2.45) is 0 Å². The van der Waals surface area contributed by atoms with Crippen molar-refractivity contribution in [3.05, 3.63) is 106 Å². The zero-order valence-electron chi connectivity index (χ0n) is 17.9. The summed E-state index contributed by atoms with van der Waals surface area (Å²) < 4.78 is 0. The molecule has 0 bridgehead atoms. The van der Waals surface area contributed by atoms with E-state index >= 15 is 0 Å². The minimum Gasteiger partial charge on any atom is -0.350 e. The second-order valence-electron chi connectivity index (χ2n) is 7.56. The van der Waals surface area contributed by atoms with Gasteiger partial charge in [0.05, 0.1) is 0 Å². The molecule has 0 aliphatic heterocycles. The molecule has 0 saturated heterocycles. The van der Waals surface area contributed by atoms with E-state index in [1.165, 1.54) is 0 Å². The summed E-state index contributed by atoms with van der Waals surface area (Å²) in [4.78, 5) is 28.2. The first-order valence-corrected chi connectivity index (χ1v) is 11.3. The number of carbonyl (C=O) groups excluding carboxylic acids is 2. The molecule has 3 aromatic rings. The van der Waals surface area contributed by atoms with Crippen LogP contribution in [-0.2, 0) is 22.7 Å². The van der Waals surface area contributed by atoms with Crippen LogP contribution >= 0.6 is 23.2 Å². The summed E-state index contributed by atoms with van der Waals surface area (Å²) in [7, 11) is 0. The number of nitrogens with zero attached hydrogens (tertiary/aromatic N) is 1. The van der Waals surface area contributed by atoms with E-state index in [2.05, 4.69) is 5.32 Å². The summed E-state index contributed by atoms with van der Waals surface area (Å²) >= 11 is 12.0. The largest absolute Gasteiger partial charge is 0.350 e. The first kappa shape index (κ1) is 23.8. The lowest BCUT2D eigenvalue weighted by Gasteiger charge is -2.31. The first-order valence-electron chi connectivity index (χ1n) is 10.6. The summed E-state index contributed by atoms with van der Waals surface area (Å²) in [5.41, 5.74) is 2.60. The van der Waals surface area contributed by atoms with Gasteiger partial charge in [0.25, 0.3) is 0 Å². The molecule has 4 nitrogen and oxygen atoms in total. The topological polar surface area (TPSA) is 49.4 Å². The second-order valence-corrected chi connectivity index (χ2v) is 8.43. The Morgan fingerprint density at radius 3 is 1.97 bits per heavy atom. The summed E-state index contributed by atoms with van der Waals surface area (Å²) in [6, 6.07) is 23.3. The zero-order valence-corrected chi connectivity index (χ0v) is 19.4. The van der Waals surface area contributed by atoms with Crippen LogP contribution in [0, 0.1) is 0 Å². The van der Waals surface area contributed by atoms with Crippen LogP contribution in [-0.4, -0.2) is 16.7 Å². The van der Waals surface area contributed by atoms with E-state index in [1.807, 2.05) is 61.5 Å². The molecule has 3 rings (SSSR count). The van der Waals surface area contributed by atoms with Gasteiger partial charge in [0, 0.05) is 29.6 Å². The van der Waals surface area contributed by atoms with Gasteiger partial charge in [-0.2, -0.15) is 0 Å². The number of halogens is 2. The second kappa shape index (κ2) is 11.7. The monoisotopic (exact) mass is 468 g/mol. The van der Waals surface area contributed by atoms with Gasteiger partial charge in [-0.25, -0.2) is 0 Å². The molecule has 1 unspecified atom stereocenters. The molecule has 0 heterocycles. The summed E-state index contributed by atoms with van der Waals surface area (Å²) in [5.74, 6) is -0.303. The normalized spacial score (nSPS) is 11.6. The van der Waals surface area contributed by atoms with Gasteiger partial charge in [0.15, 0.2) is 0 Å². The SMILES string of the molecule is CCCC(=O)N(Cc1ccc(Cl)cc1)C(C(=O)NCc1ccc(Cl)cc1)c1ccccc1. The fourth-order valence-corrected chi connectivity index (χ4v) is 3.72. The highest BCUT2D eigenvalue weighted by Crippen LogP contribution is 2.25. The van der Waals surface area contributed by atoms with Gasteiger partial charge in [0.2, 0.25) is 11.8 Å². The van der Waals surface area contributed by atoms with Crippen molar-refractivity contribution < 1.29 is 9.59 Å². The van der Waals surface area contributed by atoms with Crippen molar-refractivity contribution in [1.82, 2.24) is 10.2 Å². The third-order valence-electron chi connectivity index (χ3n) is 5.11. The number of hydrogen-bond donors (Lipinski definition) is 1. The Morgan fingerprint density at radius 1 is 0.844 bits per heavy atom. The maximum atomic E-state index is 13.4. The predicted octanol–water partition coefficient (Wildman–Crippen LogP) is 6.18. The molecule has 0 aliphatic rings. The quantitative estimate of drug-likeness (QED) is 0.407. The predicted molar refractivity (Wildman–Crippen MR) is 129 cm³/mol. The van der Waals surface area contributed by atoms with Crippen molar-refractivity contribution in [2.45, 2.75) is 38.9 Å². The molecule has 0 aliphatic carbocycles. The average molecular weight is 469 g/mol. The van der Waals surface area contributed by atoms with Gasteiger partial charge in [-0.3, -0.25) is 9.59 Å². The Balaban J connectivity index is 1.90. The Hall–Kier alpha value is -2.82. The van der Waals surface area contributed by atoms with Crippen LogP contribution < -0.4 is 5.32 Å². The highest BCUT2D eigenvalue weighted by Gasteiger charge is 2.31. The summed E-state index contributed by atoms with van der Waals surface area (Å²) in [5, 5.41) is 4.26. The highest BCUT2D eigenvalue weighted by atomic mass is 35.5. The Morgan fingerprint density at radius 2 is 1.41 bits per heavy atom. The molecule has 6 heteroatoms. The molecule has 0 spiro atoms.